The van der Waals surface area contributed by atoms with E-state index in [9.17, 15) is 14.4 Å². The zero-order chi connectivity index (χ0) is 28.9. The highest BCUT2D eigenvalue weighted by atomic mass is 32.1. The Labute approximate surface area is 241 Å². The Morgan fingerprint density at radius 2 is 1.80 bits per heavy atom. The number of ether oxygens (including phenoxy) is 1. The van der Waals surface area contributed by atoms with Gasteiger partial charge in [0.2, 0.25) is 5.95 Å². The molecule has 4 aromatic rings. The summed E-state index contributed by atoms with van der Waals surface area (Å²) in [7, 11) is 1.77. The lowest BCUT2D eigenvalue weighted by Gasteiger charge is -2.34. The van der Waals surface area contributed by atoms with Crippen molar-refractivity contribution in [2.45, 2.75) is 39.2 Å². The predicted octanol–water partition coefficient (Wildman–Crippen LogP) is 4.82. The number of fused-ring (bicyclic) bond motifs is 2. The number of carbonyl (C=O) groups excluding carboxylic acids is 3. The first-order valence-corrected chi connectivity index (χ1v) is 14.6. The van der Waals surface area contributed by atoms with Crippen molar-refractivity contribution in [2.75, 3.05) is 31.6 Å². The topological polar surface area (TPSA) is 121 Å². The highest BCUT2D eigenvalue weighted by molar-refractivity contribution is 7.16. The fourth-order valence-electron chi connectivity index (χ4n) is 5.51. The Bertz CT molecular complexity index is 1710. The number of nitrogens with one attached hydrogen (secondary N) is 2. The Morgan fingerprint density at radius 3 is 2.56 bits per heavy atom. The molecule has 0 spiro atoms. The normalized spacial score (nSPS) is 16.6. The minimum Gasteiger partial charge on any atom is -0.444 e. The standard InChI is InChI=1S/C30H32N6O4S/c1-30(2,3)40-29(39)35(4)16-17-9-12-36(13-10-17)28-32-21-8-6-5-7-19(21)24(33-28)23-22(25(37)34-26(23)38)20-15-31-27-18(20)11-14-41-27/h5-8,11,14-15,17,31H,9-10,12-13,16H2,1-4H3,(H,34,37,38). The number of amides is 3. The van der Waals surface area contributed by atoms with Gasteiger partial charge in [0, 0.05) is 49.2 Å². The summed E-state index contributed by atoms with van der Waals surface area (Å²) in [6.45, 7) is 7.60. The predicted molar refractivity (Wildman–Crippen MR) is 159 cm³/mol. The van der Waals surface area contributed by atoms with Crippen LogP contribution in [0.5, 0.6) is 0 Å². The monoisotopic (exact) mass is 572 g/mol. The number of hydrogen-bond acceptors (Lipinski definition) is 8. The molecule has 1 saturated heterocycles. The number of piperidine rings is 1. The van der Waals surface area contributed by atoms with Crippen molar-refractivity contribution in [2.24, 2.45) is 5.92 Å². The van der Waals surface area contributed by atoms with Crippen LogP contribution in [0.1, 0.15) is 44.9 Å². The molecular weight excluding hydrogens is 540 g/mol. The second-order valence-electron chi connectivity index (χ2n) is 11.6. The molecule has 2 aliphatic rings. The molecule has 0 aliphatic carbocycles. The van der Waals surface area contributed by atoms with Crippen LogP contribution in [-0.2, 0) is 14.3 Å². The van der Waals surface area contributed by atoms with Gasteiger partial charge in [-0.1, -0.05) is 18.2 Å². The maximum Gasteiger partial charge on any atom is 0.410 e. The number of rotatable bonds is 5. The van der Waals surface area contributed by atoms with Crippen molar-refractivity contribution in [3.63, 3.8) is 0 Å². The fourth-order valence-corrected chi connectivity index (χ4v) is 6.28. The second-order valence-corrected chi connectivity index (χ2v) is 12.5. The van der Waals surface area contributed by atoms with E-state index in [1.54, 1.807) is 29.5 Å². The van der Waals surface area contributed by atoms with Gasteiger partial charge in [-0.3, -0.25) is 14.9 Å². The van der Waals surface area contributed by atoms with Gasteiger partial charge in [-0.15, -0.1) is 11.3 Å². The van der Waals surface area contributed by atoms with E-state index in [2.05, 4.69) is 15.2 Å². The van der Waals surface area contributed by atoms with Crippen LogP contribution in [0.4, 0.5) is 10.7 Å². The molecule has 0 unspecified atom stereocenters. The van der Waals surface area contributed by atoms with Gasteiger partial charge in [-0.05, 0) is 57.0 Å². The molecule has 212 valence electrons. The molecule has 5 heterocycles. The van der Waals surface area contributed by atoms with Gasteiger partial charge in [0.1, 0.15) is 10.4 Å². The van der Waals surface area contributed by atoms with Gasteiger partial charge < -0.3 is 19.5 Å². The number of carbonyl (C=O) groups is 3. The van der Waals surface area contributed by atoms with E-state index < -0.39 is 17.4 Å². The summed E-state index contributed by atoms with van der Waals surface area (Å²) in [4.78, 5) is 56.5. The molecule has 6 rings (SSSR count). The van der Waals surface area contributed by atoms with E-state index in [0.717, 1.165) is 23.1 Å². The molecule has 0 bridgehead atoms. The first kappa shape index (κ1) is 26.9. The van der Waals surface area contributed by atoms with Crippen LogP contribution in [0.3, 0.4) is 0 Å². The van der Waals surface area contributed by atoms with Crippen LogP contribution in [0.25, 0.3) is 32.3 Å². The molecule has 41 heavy (non-hydrogen) atoms. The highest BCUT2D eigenvalue weighted by Crippen LogP contribution is 2.38. The van der Waals surface area contributed by atoms with E-state index in [-0.39, 0.29) is 11.7 Å². The number of aromatic amines is 1. The van der Waals surface area contributed by atoms with Crippen LogP contribution in [0.15, 0.2) is 41.9 Å². The first-order chi connectivity index (χ1) is 19.6. The summed E-state index contributed by atoms with van der Waals surface area (Å²) in [6.07, 6.45) is 3.16. The number of para-hydroxylation sites is 1. The lowest BCUT2D eigenvalue weighted by Crippen LogP contribution is -2.41. The molecule has 0 atom stereocenters. The van der Waals surface area contributed by atoms with Crippen molar-refractivity contribution in [3.05, 3.63) is 53.2 Å². The maximum atomic E-state index is 13.3. The Hall–Kier alpha value is -4.25. The fraction of sp³-hybridized carbons (Fsp3) is 0.367. The molecule has 0 saturated carbocycles. The summed E-state index contributed by atoms with van der Waals surface area (Å²) in [5.74, 6) is -0.0613. The van der Waals surface area contributed by atoms with Crippen molar-refractivity contribution in [1.82, 2.24) is 25.2 Å². The van der Waals surface area contributed by atoms with Gasteiger partial charge in [0.05, 0.1) is 22.4 Å². The number of H-pyrrole nitrogens is 1. The SMILES string of the molecule is CN(CC1CCN(c2nc(C3=C(c4c[nH]c5sccc45)C(=O)NC3=O)c3ccccc3n2)CC1)C(=O)OC(C)(C)C. The molecule has 1 aromatic carbocycles. The van der Waals surface area contributed by atoms with Crippen LogP contribution >= 0.6 is 11.3 Å². The largest absolute Gasteiger partial charge is 0.444 e. The number of nitrogens with zero attached hydrogens (tertiary/aromatic N) is 4. The molecule has 2 N–H and O–H groups in total. The van der Waals surface area contributed by atoms with Crippen LogP contribution in [0, 0.1) is 5.92 Å². The second kappa shape index (κ2) is 10.3. The minimum atomic E-state index is -0.535. The van der Waals surface area contributed by atoms with E-state index in [4.69, 9.17) is 14.7 Å². The van der Waals surface area contributed by atoms with E-state index >= 15 is 0 Å². The number of anilines is 1. The Balaban J connectivity index is 1.31. The van der Waals surface area contributed by atoms with Crippen molar-refractivity contribution >= 4 is 67.5 Å². The highest BCUT2D eigenvalue weighted by Gasteiger charge is 2.36. The third-order valence-corrected chi connectivity index (χ3v) is 8.31. The smallest absolute Gasteiger partial charge is 0.410 e. The van der Waals surface area contributed by atoms with E-state index in [0.29, 0.717) is 59.2 Å². The summed E-state index contributed by atoms with van der Waals surface area (Å²) in [5, 5.41) is 6.04. The minimum absolute atomic E-state index is 0.260. The molecule has 2 aliphatic heterocycles. The summed E-state index contributed by atoms with van der Waals surface area (Å²) in [5.41, 5.74) is 1.87. The summed E-state index contributed by atoms with van der Waals surface area (Å²) >= 11 is 1.54. The molecule has 10 nitrogen and oxygen atoms in total. The number of benzene rings is 1. The van der Waals surface area contributed by atoms with Gasteiger partial charge >= 0.3 is 6.09 Å². The zero-order valence-corrected chi connectivity index (χ0v) is 24.3. The quantitative estimate of drug-likeness (QED) is 0.329. The zero-order valence-electron chi connectivity index (χ0n) is 23.5. The summed E-state index contributed by atoms with van der Waals surface area (Å²) in [6, 6.07) is 9.50. The van der Waals surface area contributed by atoms with Crippen LogP contribution in [-0.4, -0.2) is 70.0 Å². The Morgan fingerprint density at radius 1 is 1.07 bits per heavy atom. The third kappa shape index (κ3) is 5.17. The first-order valence-electron chi connectivity index (χ1n) is 13.7. The molecule has 3 amide bonds. The molecule has 11 heteroatoms. The van der Waals surface area contributed by atoms with Gasteiger partial charge in [-0.2, -0.15) is 0 Å². The molecule has 0 radical (unpaired) electrons. The van der Waals surface area contributed by atoms with E-state index in [1.807, 2.05) is 56.5 Å². The number of hydrogen-bond donors (Lipinski definition) is 2. The van der Waals surface area contributed by atoms with Crippen molar-refractivity contribution in [3.8, 4) is 0 Å². The molecule has 1 fully saturated rings. The lowest BCUT2D eigenvalue weighted by molar-refractivity contribution is -0.122. The van der Waals surface area contributed by atoms with Crippen molar-refractivity contribution in [1.29, 1.82) is 0 Å². The Kier molecular flexibility index (Phi) is 6.77. The van der Waals surface area contributed by atoms with Crippen LogP contribution in [0.2, 0.25) is 0 Å². The third-order valence-electron chi connectivity index (χ3n) is 7.47. The lowest BCUT2D eigenvalue weighted by atomic mass is 9.96. The van der Waals surface area contributed by atoms with E-state index in [1.165, 1.54) is 0 Å². The van der Waals surface area contributed by atoms with Crippen LogP contribution < -0.4 is 10.2 Å². The number of thiophene rings is 1. The maximum absolute atomic E-state index is 13.3. The molecule has 3 aromatic heterocycles. The number of imide groups is 1. The van der Waals surface area contributed by atoms with Gasteiger partial charge in [0.15, 0.2) is 0 Å². The number of aromatic nitrogens is 3. The average Bonchev–Trinajstić information content (AvgIpc) is 3.62. The van der Waals surface area contributed by atoms with Gasteiger partial charge in [0.25, 0.3) is 11.8 Å². The average molecular weight is 573 g/mol. The van der Waals surface area contributed by atoms with Gasteiger partial charge in [-0.25, -0.2) is 14.8 Å². The molecular formula is C30H32N6O4S. The summed E-state index contributed by atoms with van der Waals surface area (Å²) < 4.78 is 5.50. The van der Waals surface area contributed by atoms with Crippen molar-refractivity contribution < 1.29 is 19.1 Å².